The highest BCUT2D eigenvalue weighted by atomic mass is 33.1. The van der Waals surface area contributed by atoms with Gasteiger partial charge in [-0.1, -0.05) is 56.2 Å². The van der Waals surface area contributed by atoms with Gasteiger partial charge >= 0.3 is 5.97 Å². The van der Waals surface area contributed by atoms with Crippen molar-refractivity contribution in [3.8, 4) is 0 Å². The number of carbonyl (C=O) groups excluding carboxylic acids is 4. The normalized spacial score (nSPS) is 18.1. The molecule has 0 saturated heterocycles. The lowest BCUT2D eigenvalue weighted by atomic mass is 9.93. The Kier molecular flexibility index (Phi) is 14.2. The summed E-state index contributed by atoms with van der Waals surface area (Å²) in [5, 5.41) is 14.8. The second kappa shape index (κ2) is 15.8. The van der Waals surface area contributed by atoms with Crippen molar-refractivity contribution in [3.05, 3.63) is 12.2 Å². The second-order valence-electron chi connectivity index (χ2n) is 11.4. The molecule has 0 aliphatic carbocycles. The monoisotopic (exact) mass is 602 g/mol. The fourth-order valence-corrected chi connectivity index (χ4v) is 6.20. The Labute approximate surface area is 245 Å². The molecule has 40 heavy (non-hydrogen) atoms. The lowest BCUT2D eigenvalue weighted by molar-refractivity contribution is -0.145. The lowest BCUT2D eigenvalue weighted by Gasteiger charge is -2.35. The number of ether oxygens (including phenoxy) is 1. The van der Waals surface area contributed by atoms with Crippen LogP contribution >= 0.6 is 21.6 Å². The van der Waals surface area contributed by atoms with Gasteiger partial charge < -0.3 is 26.2 Å². The number of aliphatic carboxylic acids is 1. The Balaban J connectivity index is 2.98. The minimum Gasteiger partial charge on any atom is -0.481 e. The van der Waals surface area contributed by atoms with Crippen molar-refractivity contribution in [2.45, 2.75) is 109 Å². The SMILES string of the molecule is CCC(C)(CCOC(C)(CC)CCC(=O)O)NC(=O)[C@H](CSSC(C)(C)C)NC(=O)[C@H](CN)N1C(=O)C=CC1=O. The smallest absolute Gasteiger partial charge is 0.303 e. The average molecular weight is 603 g/mol. The molecular formula is C27H46N4O7S2. The highest BCUT2D eigenvalue weighted by molar-refractivity contribution is 8.77. The predicted octanol–water partition coefficient (Wildman–Crippen LogP) is 2.63. The summed E-state index contributed by atoms with van der Waals surface area (Å²) < 4.78 is 5.99. The molecular weight excluding hydrogens is 556 g/mol. The molecule has 1 aliphatic rings. The highest BCUT2D eigenvalue weighted by Gasteiger charge is 2.37. The van der Waals surface area contributed by atoms with Crippen molar-refractivity contribution in [2.24, 2.45) is 5.73 Å². The van der Waals surface area contributed by atoms with E-state index in [1.165, 1.54) is 10.8 Å². The molecule has 0 saturated carbocycles. The number of nitrogens with two attached hydrogens (primary N) is 1. The quantitative estimate of drug-likeness (QED) is 0.135. The Morgan fingerprint density at radius 2 is 1.62 bits per heavy atom. The Morgan fingerprint density at radius 1 is 1.02 bits per heavy atom. The molecule has 0 fully saturated rings. The molecule has 1 heterocycles. The molecule has 0 aromatic heterocycles. The van der Waals surface area contributed by atoms with E-state index in [-0.39, 0.29) is 23.5 Å². The van der Waals surface area contributed by atoms with Gasteiger partial charge in [-0.05, 0) is 39.5 Å². The molecule has 2 unspecified atom stereocenters. The molecule has 0 aromatic carbocycles. The summed E-state index contributed by atoms with van der Waals surface area (Å²) >= 11 is 0. The van der Waals surface area contributed by atoms with Gasteiger partial charge in [-0.25, -0.2) is 0 Å². The van der Waals surface area contributed by atoms with Gasteiger partial charge in [0.15, 0.2) is 0 Å². The first kappa shape index (κ1) is 35.9. The van der Waals surface area contributed by atoms with E-state index in [4.69, 9.17) is 15.6 Å². The van der Waals surface area contributed by atoms with Gasteiger partial charge in [-0.3, -0.25) is 28.9 Å². The fraction of sp³-hybridized carbons (Fsp3) is 0.741. The van der Waals surface area contributed by atoms with Crippen LogP contribution in [0.1, 0.15) is 80.6 Å². The summed E-state index contributed by atoms with van der Waals surface area (Å²) in [6.07, 6.45) is 4.24. The van der Waals surface area contributed by atoms with E-state index in [0.29, 0.717) is 32.3 Å². The minimum absolute atomic E-state index is 0.00617. The second-order valence-corrected chi connectivity index (χ2v) is 14.5. The molecule has 1 aliphatic heterocycles. The first-order valence-corrected chi connectivity index (χ1v) is 15.9. The number of carboxylic acids is 1. The molecule has 0 spiro atoms. The van der Waals surface area contributed by atoms with Crippen molar-refractivity contribution < 1.29 is 33.8 Å². The summed E-state index contributed by atoms with van der Waals surface area (Å²) in [6, 6.07) is -2.19. The van der Waals surface area contributed by atoms with Crippen LogP contribution in [0.3, 0.4) is 0 Å². The van der Waals surface area contributed by atoms with Crippen molar-refractivity contribution in [3.63, 3.8) is 0 Å². The number of imide groups is 1. The van der Waals surface area contributed by atoms with E-state index >= 15 is 0 Å². The number of hydrogen-bond donors (Lipinski definition) is 4. The van der Waals surface area contributed by atoms with Gasteiger partial charge in [0.1, 0.15) is 12.1 Å². The van der Waals surface area contributed by atoms with Gasteiger partial charge in [-0.15, -0.1) is 0 Å². The molecule has 5 N–H and O–H groups in total. The zero-order valence-electron chi connectivity index (χ0n) is 24.7. The summed E-state index contributed by atoms with van der Waals surface area (Å²) in [6.45, 7) is 13.8. The van der Waals surface area contributed by atoms with Crippen LogP contribution in [-0.2, 0) is 28.7 Å². The molecule has 0 aromatic rings. The van der Waals surface area contributed by atoms with Crippen LogP contribution in [-0.4, -0.2) is 86.5 Å². The van der Waals surface area contributed by atoms with Gasteiger partial charge in [0.05, 0.1) is 5.60 Å². The van der Waals surface area contributed by atoms with Gasteiger partial charge in [0.25, 0.3) is 11.8 Å². The summed E-state index contributed by atoms with van der Waals surface area (Å²) in [7, 11) is 3.00. The van der Waals surface area contributed by atoms with Crippen LogP contribution in [0, 0.1) is 0 Å². The first-order chi connectivity index (χ1) is 18.5. The van der Waals surface area contributed by atoms with Crippen LogP contribution in [0.15, 0.2) is 12.2 Å². The molecule has 11 nitrogen and oxygen atoms in total. The topological polar surface area (TPSA) is 168 Å². The van der Waals surface area contributed by atoms with E-state index in [0.717, 1.165) is 17.1 Å². The Hall–Kier alpha value is -2.09. The van der Waals surface area contributed by atoms with Crippen LogP contribution in [0.4, 0.5) is 0 Å². The van der Waals surface area contributed by atoms with Crippen molar-refractivity contribution in [1.29, 1.82) is 0 Å². The van der Waals surface area contributed by atoms with Gasteiger partial charge in [-0.2, -0.15) is 0 Å². The molecule has 228 valence electrons. The van der Waals surface area contributed by atoms with Gasteiger partial charge in [0, 0.05) is 47.8 Å². The van der Waals surface area contributed by atoms with Crippen LogP contribution in [0.2, 0.25) is 0 Å². The standard InChI is InChI=1S/C27H46N4O7S2/c1-8-26(6,14-15-38-27(7,9-2)13-12-22(34)35)30-23(36)18(17-39-40-25(3,4)5)29-24(37)19(16-28)31-20(32)10-11-21(31)33/h10-11,18-19H,8-9,12-17,28H2,1-7H3,(H,29,37)(H,30,36)(H,34,35)/t18-,19-,26?,27?/m0/s1. The number of nitrogens with one attached hydrogen (secondary N) is 2. The molecule has 4 amide bonds. The number of carbonyl (C=O) groups is 5. The van der Waals surface area contributed by atoms with E-state index in [9.17, 15) is 24.0 Å². The third-order valence-corrected chi connectivity index (χ3v) is 10.1. The number of amides is 4. The third-order valence-electron chi connectivity index (χ3n) is 6.78. The Bertz CT molecular complexity index is 938. The Morgan fingerprint density at radius 3 is 2.10 bits per heavy atom. The minimum atomic E-state index is -1.24. The molecule has 1 rings (SSSR count). The summed E-state index contributed by atoms with van der Waals surface area (Å²) in [5.41, 5.74) is 4.50. The van der Waals surface area contributed by atoms with Crippen molar-refractivity contribution in [1.82, 2.24) is 15.5 Å². The molecule has 4 atom stereocenters. The van der Waals surface area contributed by atoms with Crippen molar-refractivity contribution >= 4 is 51.2 Å². The zero-order valence-corrected chi connectivity index (χ0v) is 26.3. The molecule has 0 bridgehead atoms. The van der Waals surface area contributed by atoms with E-state index in [1.807, 2.05) is 48.5 Å². The van der Waals surface area contributed by atoms with Crippen LogP contribution in [0.5, 0.6) is 0 Å². The fourth-order valence-electron chi connectivity index (χ4n) is 3.74. The first-order valence-electron chi connectivity index (χ1n) is 13.5. The zero-order chi connectivity index (χ0) is 30.7. The van der Waals surface area contributed by atoms with E-state index in [1.54, 1.807) is 10.8 Å². The lowest BCUT2D eigenvalue weighted by Crippen LogP contribution is -2.60. The summed E-state index contributed by atoms with van der Waals surface area (Å²) in [5.74, 6) is -2.98. The van der Waals surface area contributed by atoms with Crippen LogP contribution in [0.25, 0.3) is 0 Å². The maximum Gasteiger partial charge on any atom is 0.303 e. The number of nitrogens with zero attached hydrogens (tertiary/aromatic N) is 1. The maximum atomic E-state index is 13.5. The average Bonchev–Trinajstić information content (AvgIpc) is 3.19. The third kappa shape index (κ3) is 11.8. The number of hydrogen-bond acceptors (Lipinski definition) is 9. The molecule has 13 heteroatoms. The van der Waals surface area contributed by atoms with Gasteiger partial charge in [0.2, 0.25) is 11.8 Å². The highest BCUT2D eigenvalue weighted by Crippen LogP contribution is 2.35. The predicted molar refractivity (Wildman–Crippen MR) is 159 cm³/mol. The molecule has 0 radical (unpaired) electrons. The van der Waals surface area contributed by atoms with Crippen LogP contribution < -0.4 is 16.4 Å². The van der Waals surface area contributed by atoms with E-state index < -0.39 is 52.8 Å². The van der Waals surface area contributed by atoms with Crippen molar-refractivity contribution in [2.75, 3.05) is 18.9 Å². The number of rotatable bonds is 18. The largest absolute Gasteiger partial charge is 0.481 e. The summed E-state index contributed by atoms with van der Waals surface area (Å²) in [4.78, 5) is 62.8. The van der Waals surface area contributed by atoms with E-state index in [2.05, 4.69) is 10.6 Å². The maximum absolute atomic E-state index is 13.5. The number of carboxylic acid groups (broad SMARTS) is 1.